The van der Waals surface area contributed by atoms with Crippen molar-refractivity contribution >= 4 is 5.69 Å². The summed E-state index contributed by atoms with van der Waals surface area (Å²) in [5.41, 5.74) is 6.37. The van der Waals surface area contributed by atoms with Crippen molar-refractivity contribution in [3.05, 3.63) is 30.1 Å². The number of halogens is 2. The van der Waals surface area contributed by atoms with Gasteiger partial charge in [-0.3, -0.25) is 0 Å². The molecule has 0 radical (unpaired) electrons. The van der Waals surface area contributed by atoms with E-state index in [4.69, 9.17) is 5.73 Å². The van der Waals surface area contributed by atoms with Gasteiger partial charge in [-0.25, -0.2) is 8.78 Å². The van der Waals surface area contributed by atoms with Crippen LogP contribution in [0, 0.1) is 5.82 Å². The van der Waals surface area contributed by atoms with Crippen molar-refractivity contribution in [3.63, 3.8) is 0 Å². The van der Waals surface area contributed by atoms with Crippen LogP contribution in [0.25, 0.3) is 0 Å². The zero-order valence-electron chi connectivity index (χ0n) is 7.66. The van der Waals surface area contributed by atoms with Gasteiger partial charge in [0.15, 0.2) is 0 Å². The molecule has 1 fully saturated rings. The van der Waals surface area contributed by atoms with Crippen LogP contribution in [0.5, 0.6) is 0 Å². The third-order valence-electron chi connectivity index (χ3n) is 2.48. The van der Waals surface area contributed by atoms with Crippen LogP contribution >= 0.6 is 0 Å². The Bertz CT molecular complexity index is 302. The minimum Gasteiger partial charge on any atom is -0.367 e. The molecule has 2 rings (SSSR count). The molecule has 0 aromatic heterocycles. The van der Waals surface area contributed by atoms with Crippen molar-refractivity contribution in [3.8, 4) is 0 Å². The second-order valence-electron chi connectivity index (χ2n) is 3.56. The highest BCUT2D eigenvalue weighted by Crippen LogP contribution is 2.21. The lowest BCUT2D eigenvalue weighted by molar-refractivity contribution is 0.333. The van der Waals surface area contributed by atoms with Crippen LogP contribution in [0.1, 0.15) is 0 Å². The minimum absolute atomic E-state index is 0.283. The smallest absolute Gasteiger partial charge is 0.134 e. The van der Waals surface area contributed by atoms with E-state index in [0.717, 1.165) is 5.69 Å². The zero-order chi connectivity index (χ0) is 10.1. The van der Waals surface area contributed by atoms with Crippen molar-refractivity contribution in [2.75, 3.05) is 18.0 Å². The van der Waals surface area contributed by atoms with Gasteiger partial charge in [0.1, 0.15) is 12.0 Å². The van der Waals surface area contributed by atoms with Gasteiger partial charge >= 0.3 is 0 Å². The fourth-order valence-electron chi connectivity index (χ4n) is 1.65. The average molecular weight is 198 g/mol. The zero-order valence-corrected chi connectivity index (χ0v) is 7.66. The standard InChI is InChI=1S/C10H12F2N2/c11-7-1-3-8(4-2-7)14-5-9(12)10(13)6-14/h1-4,9-10H,5-6,13H2/t9-,10-/m1/s1. The number of hydrogen-bond donors (Lipinski definition) is 1. The van der Waals surface area contributed by atoms with Crippen molar-refractivity contribution in [1.29, 1.82) is 0 Å². The Morgan fingerprint density at radius 3 is 2.36 bits per heavy atom. The number of hydrogen-bond acceptors (Lipinski definition) is 2. The van der Waals surface area contributed by atoms with Crippen LogP contribution in [0.2, 0.25) is 0 Å². The molecule has 0 saturated carbocycles. The molecule has 4 heteroatoms. The summed E-state index contributed by atoms with van der Waals surface area (Å²) < 4.78 is 25.7. The van der Waals surface area contributed by atoms with Crippen molar-refractivity contribution in [1.82, 2.24) is 0 Å². The number of benzene rings is 1. The van der Waals surface area contributed by atoms with Crippen LogP contribution in [0.4, 0.5) is 14.5 Å². The molecule has 14 heavy (non-hydrogen) atoms. The molecule has 0 spiro atoms. The Hall–Kier alpha value is -1.16. The SMILES string of the molecule is N[C@@H]1CN(c2ccc(F)cc2)C[C@H]1F. The van der Waals surface area contributed by atoms with Gasteiger partial charge in [0.25, 0.3) is 0 Å². The summed E-state index contributed by atoms with van der Waals surface area (Å²) in [6.45, 7) is 0.791. The first-order valence-corrected chi connectivity index (χ1v) is 4.57. The van der Waals surface area contributed by atoms with E-state index in [1.165, 1.54) is 12.1 Å². The first kappa shape index (κ1) is 9.40. The number of anilines is 1. The summed E-state index contributed by atoms with van der Waals surface area (Å²) in [5.74, 6) is -0.283. The van der Waals surface area contributed by atoms with Gasteiger partial charge in [-0.2, -0.15) is 0 Å². The molecule has 76 valence electrons. The van der Waals surface area contributed by atoms with Crippen LogP contribution in [-0.2, 0) is 0 Å². The molecule has 1 saturated heterocycles. The molecule has 1 heterocycles. The van der Waals surface area contributed by atoms with Gasteiger partial charge in [0, 0.05) is 12.2 Å². The molecule has 2 atom stereocenters. The molecule has 1 aromatic rings. The summed E-state index contributed by atoms with van der Waals surface area (Å²) in [4.78, 5) is 1.83. The Kier molecular flexibility index (Phi) is 2.37. The molecule has 0 amide bonds. The van der Waals surface area contributed by atoms with E-state index in [1.54, 1.807) is 12.1 Å². The van der Waals surface area contributed by atoms with Crippen molar-refractivity contribution in [2.45, 2.75) is 12.2 Å². The Morgan fingerprint density at radius 1 is 1.21 bits per heavy atom. The maximum Gasteiger partial charge on any atom is 0.134 e. The van der Waals surface area contributed by atoms with Crippen LogP contribution in [0.3, 0.4) is 0 Å². The van der Waals surface area contributed by atoms with Gasteiger partial charge in [-0.05, 0) is 24.3 Å². The van der Waals surface area contributed by atoms with Crippen LogP contribution in [-0.4, -0.2) is 25.3 Å². The highest BCUT2D eigenvalue weighted by Gasteiger charge is 2.29. The molecule has 1 aromatic carbocycles. The number of alkyl halides is 1. The minimum atomic E-state index is -0.986. The van der Waals surface area contributed by atoms with E-state index in [2.05, 4.69) is 0 Å². The van der Waals surface area contributed by atoms with Crippen molar-refractivity contribution in [2.24, 2.45) is 5.73 Å². The first-order valence-electron chi connectivity index (χ1n) is 4.57. The Labute approximate surface area is 81.3 Å². The van der Waals surface area contributed by atoms with Gasteiger partial charge < -0.3 is 10.6 Å². The van der Waals surface area contributed by atoms with Gasteiger partial charge in [0.2, 0.25) is 0 Å². The molecule has 2 nitrogen and oxygen atoms in total. The molecular weight excluding hydrogens is 186 g/mol. The summed E-state index contributed by atoms with van der Waals surface area (Å²) in [6, 6.07) is 5.58. The lowest BCUT2D eigenvalue weighted by atomic mass is 10.2. The largest absolute Gasteiger partial charge is 0.367 e. The molecule has 0 bridgehead atoms. The fraction of sp³-hybridized carbons (Fsp3) is 0.400. The predicted molar refractivity (Wildman–Crippen MR) is 51.5 cm³/mol. The second-order valence-corrected chi connectivity index (χ2v) is 3.56. The van der Waals surface area contributed by atoms with Crippen molar-refractivity contribution < 1.29 is 8.78 Å². The van der Waals surface area contributed by atoms with E-state index >= 15 is 0 Å². The lowest BCUT2D eigenvalue weighted by Crippen LogP contribution is -2.30. The molecule has 1 aliphatic rings. The van der Waals surface area contributed by atoms with E-state index < -0.39 is 12.2 Å². The summed E-state index contributed by atoms with van der Waals surface area (Å²) in [6.07, 6.45) is -0.986. The van der Waals surface area contributed by atoms with Gasteiger partial charge in [-0.15, -0.1) is 0 Å². The monoisotopic (exact) mass is 198 g/mol. The molecular formula is C10H12F2N2. The highest BCUT2D eigenvalue weighted by atomic mass is 19.1. The quantitative estimate of drug-likeness (QED) is 0.737. The van der Waals surface area contributed by atoms with Gasteiger partial charge in [0.05, 0.1) is 12.6 Å². The molecule has 1 aliphatic heterocycles. The Morgan fingerprint density at radius 2 is 1.86 bits per heavy atom. The fourth-order valence-corrected chi connectivity index (χ4v) is 1.65. The molecule has 0 unspecified atom stereocenters. The maximum absolute atomic E-state index is 13.1. The van der Waals surface area contributed by atoms with Gasteiger partial charge in [-0.1, -0.05) is 0 Å². The van der Waals surface area contributed by atoms with E-state index in [1.807, 2.05) is 4.90 Å². The number of nitrogens with zero attached hydrogens (tertiary/aromatic N) is 1. The van der Waals surface area contributed by atoms with E-state index in [0.29, 0.717) is 13.1 Å². The van der Waals surface area contributed by atoms with E-state index in [-0.39, 0.29) is 5.82 Å². The third kappa shape index (κ3) is 1.70. The third-order valence-corrected chi connectivity index (χ3v) is 2.48. The summed E-state index contributed by atoms with van der Waals surface area (Å²) in [7, 11) is 0. The second kappa shape index (κ2) is 3.53. The molecule has 0 aliphatic carbocycles. The number of nitrogens with two attached hydrogens (primary N) is 1. The number of rotatable bonds is 1. The van der Waals surface area contributed by atoms with E-state index in [9.17, 15) is 8.78 Å². The average Bonchev–Trinajstić information content (AvgIpc) is 2.48. The summed E-state index contributed by atoms with van der Waals surface area (Å²) in [5, 5.41) is 0. The topological polar surface area (TPSA) is 29.3 Å². The predicted octanol–water partition coefficient (Wildman–Crippen LogP) is 1.31. The maximum atomic E-state index is 13.1. The lowest BCUT2D eigenvalue weighted by Gasteiger charge is -2.17. The molecule has 2 N–H and O–H groups in total. The first-order chi connectivity index (χ1) is 6.66. The summed E-state index contributed by atoms with van der Waals surface area (Å²) >= 11 is 0. The normalized spacial score (nSPS) is 26.9. The highest BCUT2D eigenvalue weighted by molar-refractivity contribution is 5.48. The van der Waals surface area contributed by atoms with Crippen LogP contribution in [0.15, 0.2) is 24.3 Å². The Balaban J connectivity index is 2.13. The van der Waals surface area contributed by atoms with Crippen LogP contribution < -0.4 is 10.6 Å².